The third-order valence-electron chi connectivity index (χ3n) is 5.28. The molecule has 1 aliphatic carbocycles. The first-order valence-electron chi connectivity index (χ1n) is 9.20. The topological polar surface area (TPSA) is 32.3 Å². The highest BCUT2D eigenvalue weighted by molar-refractivity contribution is 7.17. The van der Waals surface area contributed by atoms with E-state index in [0.717, 1.165) is 12.8 Å². The fraction of sp³-hybridized carbons (Fsp3) is 0.450. The third kappa shape index (κ3) is 4.19. The van der Waals surface area contributed by atoms with Gasteiger partial charge in [-0.05, 0) is 48.4 Å². The number of halogens is 3. The minimum Gasteiger partial charge on any atom is -0.349 e. The van der Waals surface area contributed by atoms with E-state index in [-0.39, 0.29) is 11.9 Å². The number of hydrogen-bond donors (Lipinski definition) is 1. The van der Waals surface area contributed by atoms with Crippen molar-refractivity contribution in [3.8, 4) is 10.4 Å². The maximum absolute atomic E-state index is 12.7. The van der Waals surface area contributed by atoms with Gasteiger partial charge in [0.05, 0.1) is 11.4 Å². The summed E-state index contributed by atoms with van der Waals surface area (Å²) >= 11 is 1.51. The predicted molar refractivity (Wildman–Crippen MR) is 100 cm³/mol. The van der Waals surface area contributed by atoms with Gasteiger partial charge < -0.3 is 5.32 Å². The highest BCUT2D eigenvalue weighted by Gasteiger charge is 2.33. The van der Waals surface area contributed by atoms with Crippen molar-refractivity contribution in [2.75, 3.05) is 19.6 Å². The zero-order chi connectivity index (χ0) is 19.0. The smallest absolute Gasteiger partial charge is 0.349 e. The summed E-state index contributed by atoms with van der Waals surface area (Å²) in [5, 5.41) is 3.02. The van der Waals surface area contributed by atoms with Crippen LogP contribution in [0, 0.1) is 0 Å². The molecule has 0 atom stereocenters. The molecule has 0 bridgehead atoms. The Morgan fingerprint density at radius 1 is 1.15 bits per heavy atom. The van der Waals surface area contributed by atoms with Gasteiger partial charge in [-0.2, -0.15) is 13.2 Å². The molecule has 27 heavy (non-hydrogen) atoms. The quantitative estimate of drug-likeness (QED) is 0.843. The van der Waals surface area contributed by atoms with Crippen molar-refractivity contribution in [1.82, 2.24) is 10.2 Å². The normalized spacial score (nSPS) is 18.0. The number of benzene rings is 1. The second kappa shape index (κ2) is 7.28. The highest BCUT2D eigenvalue weighted by atomic mass is 32.1. The number of fused-ring (bicyclic) bond motifs is 3. The molecule has 2 aliphatic rings. The maximum atomic E-state index is 12.7. The number of amides is 1. The first-order chi connectivity index (χ1) is 12.9. The van der Waals surface area contributed by atoms with E-state index in [2.05, 4.69) is 17.4 Å². The van der Waals surface area contributed by atoms with Gasteiger partial charge in [0, 0.05) is 24.0 Å². The SMILES string of the molecule is O=C(NC1CCN(CC(F)(F)F)CC1)c1cc2c(s1)-c1ccccc1CC2. The van der Waals surface area contributed by atoms with Crippen molar-refractivity contribution < 1.29 is 18.0 Å². The summed E-state index contributed by atoms with van der Waals surface area (Å²) < 4.78 is 37.4. The van der Waals surface area contributed by atoms with Crippen LogP contribution in [0.5, 0.6) is 0 Å². The van der Waals surface area contributed by atoms with Gasteiger partial charge in [0.2, 0.25) is 0 Å². The molecular weight excluding hydrogens is 373 g/mol. The lowest BCUT2D eigenvalue weighted by Gasteiger charge is -2.32. The predicted octanol–water partition coefficient (Wildman–Crippen LogP) is 4.27. The van der Waals surface area contributed by atoms with Crippen molar-refractivity contribution in [2.45, 2.75) is 37.9 Å². The summed E-state index contributed by atoms with van der Waals surface area (Å²) in [5.41, 5.74) is 3.74. The zero-order valence-electron chi connectivity index (χ0n) is 14.8. The van der Waals surface area contributed by atoms with Crippen molar-refractivity contribution >= 4 is 17.2 Å². The Kier molecular flexibility index (Phi) is 4.99. The summed E-state index contributed by atoms with van der Waals surface area (Å²) in [7, 11) is 0. The maximum Gasteiger partial charge on any atom is 0.401 e. The van der Waals surface area contributed by atoms with Gasteiger partial charge in [-0.3, -0.25) is 9.69 Å². The lowest BCUT2D eigenvalue weighted by Crippen LogP contribution is -2.46. The number of aryl methyl sites for hydroxylation is 2. The second-order valence-corrected chi connectivity index (χ2v) is 8.31. The van der Waals surface area contributed by atoms with E-state index in [0.29, 0.717) is 30.8 Å². The first-order valence-corrected chi connectivity index (χ1v) is 10.0. The molecule has 2 heterocycles. The number of piperidine rings is 1. The molecule has 1 amide bonds. The molecule has 2 aromatic rings. The molecule has 0 radical (unpaired) electrons. The van der Waals surface area contributed by atoms with E-state index in [1.807, 2.05) is 18.2 Å². The molecule has 1 aliphatic heterocycles. The van der Waals surface area contributed by atoms with Crippen LogP contribution in [0.4, 0.5) is 13.2 Å². The molecule has 1 fully saturated rings. The summed E-state index contributed by atoms with van der Waals surface area (Å²) in [4.78, 5) is 15.9. The summed E-state index contributed by atoms with van der Waals surface area (Å²) in [6.07, 6.45) is -1.14. The van der Waals surface area contributed by atoms with Crippen LogP contribution in [-0.4, -0.2) is 42.7 Å². The zero-order valence-corrected chi connectivity index (χ0v) is 15.6. The highest BCUT2D eigenvalue weighted by Crippen LogP contribution is 2.39. The summed E-state index contributed by atoms with van der Waals surface area (Å²) in [6, 6.07) is 10.2. The number of nitrogens with zero attached hydrogens (tertiary/aromatic N) is 1. The molecule has 1 aromatic carbocycles. The number of carbonyl (C=O) groups excluding carboxylic acids is 1. The lowest BCUT2D eigenvalue weighted by atomic mass is 9.91. The number of carbonyl (C=O) groups is 1. The van der Waals surface area contributed by atoms with Crippen molar-refractivity contribution in [3.05, 3.63) is 46.3 Å². The third-order valence-corrected chi connectivity index (χ3v) is 6.49. The van der Waals surface area contributed by atoms with E-state index in [9.17, 15) is 18.0 Å². The van der Waals surface area contributed by atoms with Gasteiger partial charge >= 0.3 is 6.18 Å². The Balaban J connectivity index is 1.39. The average Bonchev–Trinajstić information content (AvgIpc) is 3.07. The van der Waals surface area contributed by atoms with Gasteiger partial charge in [-0.25, -0.2) is 0 Å². The Morgan fingerprint density at radius 2 is 1.85 bits per heavy atom. The minimum atomic E-state index is -4.16. The van der Waals surface area contributed by atoms with Crippen molar-refractivity contribution in [1.29, 1.82) is 0 Å². The molecule has 1 saturated heterocycles. The van der Waals surface area contributed by atoms with E-state index in [1.165, 1.54) is 37.8 Å². The van der Waals surface area contributed by atoms with Crippen LogP contribution in [0.3, 0.4) is 0 Å². The summed E-state index contributed by atoms with van der Waals surface area (Å²) in [5.74, 6) is -0.110. The van der Waals surface area contributed by atoms with E-state index < -0.39 is 12.7 Å². The summed E-state index contributed by atoms with van der Waals surface area (Å²) in [6.45, 7) is -0.151. The van der Waals surface area contributed by atoms with Crippen LogP contribution in [0.1, 0.15) is 33.6 Å². The second-order valence-electron chi connectivity index (χ2n) is 7.26. The van der Waals surface area contributed by atoms with Gasteiger partial charge in [0.15, 0.2) is 0 Å². The van der Waals surface area contributed by atoms with E-state index in [4.69, 9.17) is 0 Å². The van der Waals surface area contributed by atoms with E-state index in [1.54, 1.807) is 0 Å². The molecular formula is C20H21F3N2OS. The first kappa shape index (κ1) is 18.5. The van der Waals surface area contributed by atoms with Crippen molar-refractivity contribution in [3.63, 3.8) is 0 Å². The number of nitrogens with one attached hydrogen (secondary N) is 1. The molecule has 7 heteroatoms. The molecule has 3 nitrogen and oxygen atoms in total. The standard InChI is InChI=1S/C20H21F3N2OS/c21-20(22,23)12-25-9-7-15(8-10-25)24-19(26)17-11-14-6-5-13-3-1-2-4-16(13)18(14)27-17/h1-4,11,15H,5-10,12H2,(H,24,26). The van der Waals surface area contributed by atoms with Crippen LogP contribution in [0.15, 0.2) is 30.3 Å². The van der Waals surface area contributed by atoms with Crippen LogP contribution in [0.2, 0.25) is 0 Å². The Hall–Kier alpha value is -1.86. The van der Waals surface area contributed by atoms with Crippen LogP contribution < -0.4 is 5.32 Å². The Labute approximate surface area is 160 Å². The fourth-order valence-electron chi connectivity index (χ4n) is 3.93. The van der Waals surface area contributed by atoms with Gasteiger partial charge in [0.1, 0.15) is 0 Å². The number of thiophene rings is 1. The average molecular weight is 394 g/mol. The van der Waals surface area contributed by atoms with Crippen LogP contribution in [0.25, 0.3) is 10.4 Å². The number of rotatable bonds is 3. The minimum absolute atomic E-state index is 0.0617. The molecule has 1 aromatic heterocycles. The van der Waals surface area contributed by atoms with E-state index >= 15 is 0 Å². The van der Waals surface area contributed by atoms with Crippen LogP contribution >= 0.6 is 11.3 Å². The van der Waals surface area contributed by atoms with Crippen LogP contribution in [-0.2, 0) is 12.8 Å². The molecule has 144 valence electrons. The molecule has 0 saturated carbocycles. The fourth-order valence-corrected chi connectivity index (χ4v) is 5.10. The van der Waals surface area contributed by atoms with Gasteiger partial charge in [0.25, 0.3) is 5.91 Å². The molecule has 0 unspecified atom stereocenters. The number of alkyl halides is 3. The number of hydrogen-bond acceptors (Lipinski definition) is 3. The monoisotopic (exact) mass is 394 g/mol. The molecule has 4 rings (SSSR count). The largest absolute Gasteiger partial charge is 0.401 e. The van der Waals surface area contributed by atoms with Gasteiger partial charge in [-0.15, -0.1) is 11.3 Å². The Bertz CT molecular complexity index is 838. The number of likely N-dealkylation sites (tertiary alicyclic amines) is 1. The molecule has 0 spiro atoms. The Morgan fingerprint density at radius 3 is 2.59 bits per heavy atom. The van der Waals surface area contributed by atoms with Crippen molar-refractivity contribution in [2.24, 2.45) is 0 Å². The molecule has 1 N–H and O–H groups in total. The van der Waals surface area contributed by atoms with Gasteiger partial charge in [-0.1, -0.05) is 24.3 Å². The lowest BCUT2D eigenvalue weighted by molar-refractivity contribution is -0.148.